The lowest BCUT2D eigenvalue weighted by Gasteiger charge is -2.49. The third-order valence-corrected chi connectivity index (χ3v) is 12.2. The number of aliphatic hydroxyl groups excluding tert-OH is 14. The number of carboxylic acid groups (broad SMARTS) is 3. The molecule has 6 saturated heterocycles. The van der Waals surface area contributed by atoms with Crippen LogP contribution in [0.3, 0.4) is 0 Å². The van der Waals surface area contributed by atoms with Gasteiger partial charge in [-0.2, -0.15) is 0 Å². The van der Waals surface area contributed by atoms with Crippen LogP contribution in [-0.2, 0) is 66.5 Å². The van der Waals surface area contributed by atoms with Gasteiger partial charge < -0.3 is 139 Å². The van der Waals surface area contributed by atoms with Crippen LogP contribution in [0.25, 0.3) is 0 Å². The van der Waals surface area contributed by atoms with Crippen LogP contribution in [0.1, 0.15) is 20.8 Å². The van der Waals surface area contributed by atoms with E-state index in [4.69, 9.17) is 52.1 Å². The molecule has 67 heavy (non-hydrogen) atoms. The summed E-state index contributed by atoms with van der Waals surface area (Å²) in [6, 6.07) is 0. The minimum absolute atomic E-state index is 1.18. The Labute approximate surface area is 376 Å². The first-order valence-electron chi connectivity index (χ1n) is 20.7. The van der Waals surface area contributed by atoms with Crippen molar-refractivity contribution in [2.75, 3.05) is 0 Å². The predicted molar refractivity (Wildman–Crippen MR) is 197 cm³/mol. The van der Waals surface area contributed by atoms with Gasteiger partial charge in [-0.05, 0) is 20.8 Å². The molecule has 6 aliphatic heterocycles. The zero-order valence-corrected chi connectivity index (χ0v) is 35.1. The van der Waals surface area contributed by atoms with Crippen molar-refractivity contribution in [3.8, 4) is 0 Å². The summed E-state index contributed by atoms with van der Waals surface area (Å²) >= 11 is 0. The maximum absolute atomic E-state index is 12.7. The van der Waals surface area contributed by atoms with Crippen LogP contribution in [-0.4, -0.2) is 289 Å². The summed E-state index contributed by atoms with van der Waals surface area (Å²) in [7, 11) is 0. The van der Waals surface area contributed by atoms with Crippen molar-refractivity contribution in [2.45, 2.75) is 205 Å². The monoisotopic (exact) mass is 984 g/mol. The second-order valence-corrected chi connectivity index (χ2v) is 16.8. The van der Waals surface area contributed by atoms with E-state index in [2.05, 4.69) is 0 Å². The van der Waals surface area contributed by atoms with E-state index < -0.39 is 202 Å². The fourth-order valence-electron chi connectivity index (χ4n) is 8.21. The van der Waals surface area contributed by atoms with Crippen LogP contribution in [0.2, 0.25) is 0 Å². The summed E-state index contributed by atoms with van der Waals surface area (Å²) in [5.41, 5.74) is 0. The van der Waals surface area contributed by atoms with Crippen LogP contribution in [0.4, 0.5) is 0 Å². The number of carboxylic acids is 3. The largest absolute Gasteiger partial charge is 0.479 e. The van der Waals surface area contributed by atoms with E-state index >= 15 is 0 Å². The van der Waals surface area contributed by atoms with Crippen molar-refractivity contribution in [3.05, 3.63) is 0 Å². The van der Waals surface area contributed by atoms with Gasteiger partial charge in [-0.1, -0.05) is 0 Å². The number of ether oxygens (including phenoxy) is 11. The Balaban J connectivity index is 1.20. The first-order chi connectivity index (χ1) is 31.3. The molecule has 0 bridgehead atoms. The standard InChI is InChI=1S/C36H56O31/c1-4-7(37)10(40)17(47)32(57-4)61-21-14(44)18(48)33(66-26(21)29(52)53)65-24-12(42)9(39)6(3)59-36(24)63-22-15(45)19(49)34(67-27(22)30(54)55)64-23-11(41)8(38)5(2)58-35(23)62-20-13(43)16(46)31(56)60-25(20)28(50)51/h4-27,31-49,56H,1-3H3,(H,50,51)(H,52,53)(H,54,55)/t4-,5-,6-,7-,8-,9-,10+,11+,12+,13+,14+,15+,16+,17+,18+,19+,20+,21+,22+,23+,24+,25-,26-,27-,31?,32-,33-,34-,35-,36-/m0/s1. The van der Waals surface area contributed by atoms with Crippen LogP contribution >= 0.6 is 0 Å². The molecule has 31 nitrogen and oxygen atoms in total. The van der Waals surface area contributed by atoms with Crippen molar-refractivity contribution in [1.82, 2.24) is 0 Å². The van der Waals surface area contributed by atoms with Crippen LogP contribution in [0.15, 0.2) is 0 Å². The van der Waals surface area contributed by atoms with E-state index in [1.54, 1.807) is 0 Å². The lowest BCUT2D eigenvalue weighted by atomic mass is 9.95. The molecule has 0 radical (unpaired) electrons. The number of aliphatic carboxylic acids is 3. The van der Waals surface area contributed by atoms with Crippen molar-refractivity contribution in [2.24, 2.45) is 0 Å². The van der Waals surface area contributed by atoms with Crippen LogP contribution < -0.4 is 0 Å². The minimum Gasteiger partial charge on any atom is -0.479 e. The summed E-state index contributed by atoms with van der Waals surface area (Å²) in [5.74, 6) is -5.65. The molecule has 31 heteroatoms. The molecule has 0 aromatic heterocycles. The maximum atomic E-state index is 12.7. The molecule has 386 valence electrons. The number of rotatable bonds is 13. The van der Waals surface area contributed by atoms with Gasteiger partial charge in [-0.15, -0.1) is 0 Å². The zero-order valence-electron chi connectivity index (χ0n) is 35.1. The molecule has 6 heterocycles. The Bertz CT molecular complexity index is 1700. The zero-order chi connectivity index (χ0) is 49.8. The Morgan fingerprint density at radius 3 is 0.925 bits per heavy atom. The minimum atomic E-state index is -2.44. The van der Waals surface area contributed by atoms with Crippen LogP contribution in [0.5, 0.6) is 0 Å². The van der Waals surface area contributed by atoms with Gasteiger partial charge in [-0.25, -0.2) is 14.4 Å². The fraction of sp³-hybridized carbons (Fsp3) is 0.917. The summed E-state index contributed by atoms with van der Waals surface area (Å²) < 4.78 is 60.0. The maximum Gasteiger partial charge on any atom is 0.335 e. The van der Waals surface area contributed by atoms with Gasteiger partial charge in [0.05, 0.1) is 18.3 Å². The Hall–Kier alpha value is -2.59. The second kappa shape index (κ2) is 21.4. The molecule has 0 saturated carbocycles. The number of hydrogen-bond donors (Lipinski definition) is 17. The van der Waals surface area contributed by atoms with Gasteiger partial charge in [0.25, 0.3) is 0 Å². The number of carbonyl (C=O) groups is 3. The van der Waals surface area contributed by atoms with E-state index in [9.17, 15) is 101 Å². The average Bonchev–Trinajstić information content (AvgIpc) is 3.27. The van der Waals surface area contributed by atoms with Gasteiger partial charge >= 0.3 is 17.9 Å². The molecule has 6 rings (SSSR count). The second-order valence-electron chi connectivity index (χ2n) is 16.8. The van der Waals surface area contributed by atoms with E-state index in [0.717, 1.165) is 0 Å². The molecule has 0 aromatic rings. The molecule has 6 fully saturated rings. The van der Waals surface area contributed by atoms with Crippen molar-refractivity contribution >= 4 is 17.9 Å². The molecule has 17 N–H and O–H groups in total. The molecular formula is C36H56O31. The first-order valence-corrected chi connectivity index (χ1v) is 20.7. The highest BCUT2D eigenvalue weighted by Gasteiger charge is 2.59. The predicted octanol–water partition coefficient (Wildman–Crippen LogP) is -10.7. The SMILES string of the molecule is C[C@@H]1O[C@@H](O[C@@H]2[C@H](O)[C@@H](O)[C@@H](O[C@H]3[C@H](O[C@@H]4[C@H](O)[C@@H](O)[C@@H](O[C@H]5[C@H](O[C@@H]6[C@H](O)[C@@H](O)C(O)O[C@@H]6C(=O)O)O[C@@H](C)[C@H](O)[C@H]5O)O[C@@H]4C(=O)O)O[C@@H](C)[C@H](O)[C@H]3O)O[C@@H]2C(=O)O)[C@H](O)[C@H](O)[C@H]1O. The van der Waals surface area contributed by atoms with Crippen molar-refractivity contribution < 1.29 is 153 Å². The van der Waals surface area contributed by atoms with E-state index in [1.807, 2.05) is 0 Å². The summed E-state index contributed by atoms with van der Waals surface area (Å²) in [5, 5.41) is 179. The molecule has 0 spiro atoms. The molecule has 0 amide bonds. The van der Waals surface area contributed by atoms with Crippen molar-refractivity contribution in [1.29, 1.82) is 0 Å². The normalized spacial score (nSPS) is 53.1. The highest BCUT2D eigenvalue weighted by molar-refractivity contribution is 5.74. The Morgan fingerprint density at radius 2 is 0.552 bits per heavy atom. The summed E-state index contributed by atoms with van der Waals surface area (Å²) in [4.78, 5) is 37.0. The lowest BCUT2D eigenvalue weighted by Crippen LogP contribution is -2.68. The topological polar surface area (TPSA) is 497 Å². The summed E-state index contributed by atoms with van der Waals surface area (Å²) in [6.45, 7) is 3.66. The third-order valence-electron chi connectivity index (χ3n) is 12.2. The summed E-state index contributed by atoms with van der Waals surface area (Å²) in [6.07, 6.45) is -61.9. The fourth-order valence-corrected chi connectivity index (χ4v) is 8.21. The molecule has 1 unspecified atom stereocenters. The molecule has 0 aliphatic carbocycles. The van der Waals surface area contributed by atoms with Crippen LogP contribution in [0, 0.1) is 0 Å². The molecule has 6 aliphatic rings. The van der Waals surface area contributed by atoms with Gasteiger partial charge in [0, 0.05) is 0 Å². The Kier molecular flexibility index (Phi) is 17.2. The highest BCUT2D eigenvalue weighted by Crippen LogP contribution is 2.37. The molecular weight excluding hydrogens is 928 g/mol. The van der Waals surface area contributed by atoms with E-state index in [-0.39, 0.29) is 0 Å². The van der Waals surface area contributed by atoms with E-state index in [1.165, 1.54) is 20.8 Å². The smallest absolute Gasteiger partial charge is 0.335 e. The van der Waals surface area contributed by atoms with Gasteiger partial charge in [-0.3, -0.25) is 0 Å². The van der Waals surface area contributed by atoms with Crippen molar-refractivity contribution in [3.63, 3.8) is 0 Å². The molecule has 30 atom stereocenters. The molecule has 0 aromatic carbocycles. The Morgan fingerprint density at radius 1 is 0.299 bits per heavy atom. The van der Waals surface area contributed by atoms with Gasteiger partial charge in [0.2, 0.25) is 0 Å². The quantitative estimate of drug-likeness (QED) is 0.0815. The lowest BCUT2D eigenvalue weighted by molar-refractivity contribution is -0.399. The number of aliphatic hydroxyl groups is 14. The van der Waals surface area contributed by atoms with Gasteiger partial charge in [0.1, 0.15) is 110 Å². The van der Waals surface area contributed by atoms with E-state index in [0.29, 0.717) is 0 Å². The van der Waals surface area contributed by atoms with Gasteiger partial charge in [0.15, 0.2) is 56.1 Å². The number of hydrogen-bond acceptors (Lipinski definition) is 28. The highest BCUT2D eigenvalue weighted by atomic mass is 16.8. The first kappa shape index (κ1) is 53.8. The third kappa shape index (κ3) is 10.7. The average molecular weight is 985 g/mol.